The highest BCUT2D eigenvalue weighted by molar-refractivity contribution is 5.07. The summed E-state index contributed by atoms with van der Waals surface area (Å²) in [6.45, 7) is 3.42. The lowest BCUT2D eigenvalue weighted by molar-refractivity contribution is -0.149. The van der Waals surface area contributed by atoms with Crippen LogP contribution in [-0.2, 0) is 4.74 Å². The molecular weight excluding hydrogens is 274 g/mol. The van der Waals surface area contributed by atoms with Crippen LogP contribution in [0.5, 0.6) is 0 Å². The largest absolute Gasteiger partial charge is 0.381 e. The Morgan fingerprint density at radius 1 is 1.19 bits per heavy atom. The van der Waals surface area contributed by atoms with Crippen molar-refractivity contribution in [1.82, 2.24) is 10.6 Å². The molecule has 5 heteroatoms. The van der Waals surface area contributed by atoms with Crippen LogP contribution >= 0.6 is 0 Å². The predicted molar refractivity (Wildman–Crippen MR) is 78.7 cm³/mol. The summed E-state index contributed by atoms with van der Waals surface area (Å²) in [5, 5.41) is 7.18. The Morgan fingerprint density at radius 3 is 2.48 bits per heavy atom. The summed E-state index contributed by atoms with van der Waals surface area (Å²) >= 11 is 0. The molecule has 3 nitrogen and oxygen atoms in total. The number of hydrogen-bond donors (Lipinski definition) is 2. The van der Waals surface area contributed by atoms with Gasteiger partial charge < -0.3 is 15.4 Å². The van der Waals surface area contributed by atoms with Gasteiger partial charge in [0.15, 0.2) is 0 Å². The second-order valence-corrected chi connectivity index (χ2v) is 7.29. The minimum absolute atomic E-state index is 0.176. The van der Waals surface area contributed by atoms with E-state index in [4.69, 9.17) is 4.74 Å². The highest BCUT2D eigenvalue weighted by atomic mass is 19.3. The molecule has 0 bridgehead atoms. The fourth-order valence-electron chi connectivity index (χ4n) is 4.55. The van der Waals surface area contributed by atoms with Crippen LogP contribution in [0.4, 0.5) is 8.78 Å². The number of rotatable bonds is 4. The maximum atomic E-state index is 14.2. The molecule has 1 atom stereocenters. The van der Waals surface area contributed by atoms with Crippen LogP contribution in [0.15, 0.2) is 0 Å². The van der Waals surface area contributed by atoms with Gasteiger partial charge in [-0.05, 0) is 45.6 Å². The van der Waals surface area contributed by atoms with Gasteiger partial charge in [0.1, 0.15) is 0 Å². The van der Waals surface area contributed by atoms with E-state index in [9.17, 15) is 8.78 Å². The van der Waals surface area contributed by atoms with Crippen molar-refractivity contribution in [3.8, 4) is 0 Å². The van der Waals surface area contributed by atoms with Crippen molar-refractivity contribution in [3.05, 3.63) is 0 Å². The van der Waals surface area contributed by atoms with Gasteiger partial charge in [-0.15, -0.1) is 0 Å². The number of alkyl halides is 2. The summed E-state index contributed by atoms with van der Waals surface area (Å²) in [5.41, 5.74) is -0.761. The topological polar surface area (TPSA) is 33.3 Å². The molecule has 2 N–H and O–H groups in total. The molecule has 1 aliphatic carbocycles. The second kappa shape index (κ2) is 5.74. The van der Waals surface area contributed by atoms with Gasteiger partial charge in [0, 0.05) is 31.3 Å². The van der Waals surface area contributed by atoms with Crippen LogP contribution < -0.4 is 10.6 Å². The molecule has 21 heavy (non-hydrogen) atoms. The molecular formula is C16H28F2N2O. The van der Waals surface area contributed by atoms with Crippen molar-refractivity contribution in [1.29, 1.82) is 0 Å². The first-order valence-corrected chi connectivity index (χ1v) is 8.42. The molecule has 0 aromatic carbocycles. The molecule has 1 spiro atoms. The minimum atomic E-state index is -2.65. The summed E-state index contributed by atoms with van der Waals surface area (Å²) in [5.74, 6) is -2.65. The highest BCUT2D eigenvalue weighted by Gasteiger charge is 2.52. The van der Waals surface area contributed by atoms with E-state index >= 15 is 0 Å². The van der Waals surface area contributed by atoms with Crippen LogP contribution in [0.1, 0.15) is 51.9 Å². The van der Waals surface area contributed by atoms with Crippen molar-refractivity contribution in [2.45, 2.75) is 69.4 Å². The van der Waals surface area contributed by atoms with Crippen molar-refractivity contribution in [2.75, 3.05) is 26.3 Å². The van der Waals surface area contributed by atoms with Crippen LogP contribution in [-0.4, -0.2) is 43.8 Å². The Hall–Kier alpha value is -0.260. The van der Waals surface area contributed by atoms with Crippen molar-refractivity contribution in [3.63, 3.8) is 0 Å². The Labute approximate surface area is 126 Å². The summed E-state index contributed by atoms with van der Waals surface area (Å²) in [6, 6.07) is 0.349. The zero-order valence-electron chi connectivity index (χ0n) is 13.0. The van der Waals surface area contributed by atoms with Crippen LogP contribution in [0.3, 0.4) is 0 Å². The maximum Gasteiger partial charge on any atom is 0.252 e. The summed E-state index contributed by atoms with van der Waals surface area (Å²) < 4.78 is 33.7. The number of hydrogen-bond acceptors (Lipinski definition) is 3. The summed E-state index contributed by atoms with van der Waals surface area (Å²) in [6.07, 6.45) is 6.85. The normalized spacial score (nSPS) is 31.9. The highest BCUT2D eigenvalue weighted by Crippen LogP contribution is 2.45. The van der Waals surface area contributed by atoms with Crippen molar-refractivity contribution >= 4 is 0 Å². The van der Waals surface area contributed by atoms with Gasteiger partial charge in [0.25, 0.3) is 5.92 Å². The summed E-state index contributed by atoms with van der Waals surface area (Å²) in [7, 11) is 0. The standard InChI is InChI=1S/C16H28F2N2O/c1-14(17,18)15(7-10-21-11-8-15)12-19-13-4-9-20-16(13)5-2-3-6-16/h13,19-20H,2-12H2,1H3. The zero-order valence-corrected chi connectivity index (χ0v) is 13.0. The first-order chi connectivity index (χ1) is 9.98. The fraction of sp³-hybridized carbons (Fsp3) is 1.00. The Kier molecular flexibility index (Phi) is 4.27. The molecule has 0 aromatic rings. The third kappa shape index (κ3) is 2.84. The van der Waals surface area contributed by atoms with Gasteiger partial charge in [0.05, 0.1) is 5.41 Å². The molecule has 122 valence electrons. The lowest BCUT2D eigenvalue weighted by Crippen LogP contribution is -2.57. The lowest BCUT2D eigenvalue weighted by Gasteiger charge is -2.43. The zero-order chi connectivity index (χ0) is 15.0. The maximum absolute atomic E-state index is 14.2. The third-order valence-electron chi connectivity index (χ3n) is 6.14. The van der Waals surface area contributed by atoms with Crippen LogP contribution in [0.2, 0.25) is 0 Å². The SMILES string of the molecule is CC(F)(F)C1(CNC2CCNC23CCCC3)CCOCC1. The number of nitrogens with one attached hydrogen (secondary N) is 2. The van der Waals surface area contributed by atoms with E-state index in [2.05, 4.69) is 10.6 Å². The molecule has 0 aromatic heterocycles. The van der Waals surface area contributed by atoms with Crippen LogP contribution in [0.25, 0.3) is 0 Å². The third-order valence-corrected chi connectivity index (χ3v) is 6.14. The lowest BCUT2D eigenvalue weighted by atomic mass is 9.74. The molecule has 0 amide bonds. The Balaban J connectivity index is 1.67. The van der Waals surface area contributed by atoms with Gasteiger partial charge in [-0.3, -0.25) is 0 Å². The van der Waals surface area contributed by atoms with Gasteiger partial charge in [-0.25, -0.2) is 8.78 Å². The average molecular weight is 302 g/mol. The number of halogens is 2. The predicted octanol–water partition coefficient (Wildman–Crippen LogP) is 2.70. The Bertz CT molecular complexity index is 352. The molecule has 3 aliphatic rings. The number of ether oxygens (including phenoxy) is 1. The molecule has 3 fully saturated rings. The molecule has 0 radical (unpaired) electrons. The van der Waals surface area contributed by atoms with Gasteiger partial charge in [-0.1, -0.05) is 12.8 Å². The summed E-state index contributed by atoms with van der Waals surface area (Å²) in [4.78, 5) is 0. The van der Waals surface area contributed by atoms with Gasteiger partial charge in [0.2, 0.25) is 0 Å². The van der Waals surface area contributed by atoms with E-state index in [0.29, 0.717) is 38.6 Å². The second-order valence-electron chi connectivity index (χ2n) is 7.29. The van der Waals surface area contributed by atoms with Crippen molar-refractivity contribution < 1.29 is 13.5 Å². The van der Waals surface area contributed by atoms with Gasteiger partial charge in [-0.2, -0.15) is 0 Å². The quantitative estimate of drug-likeness (QED) is 0.838. The minimum Gasteiger partial charge on any atom is -0.381 e. The smallest absolute Gasteiger partial charge is 0.252 e. The fourth-order valence-corrected chi connectivity index (χ4v) is 4.55. The first kappa shape index (κ1) is 15.6. The van der Waals surface area contributed by atoms with E-state index < -0.39 is 11.3 Å². The van der Waals surface area contributed by atoms with E-state index in [1.807, 2.05) is 0 Å². The molecule has 1 saturated carbocycles. The van der Waals surface area contributed by atoms with Crippen molar-refractivity contribution in [2.24, 2.45) is 5.41 Å². The molecule has 3 rings (SSSR count). The van der Waals surface area contributed by atoms with Crippen LogP contribution in [0, 0.1) is 5.41 Å². The van der Waals surface area contributed by atoms with E-state index in [1.165, 1.54) is 25.7 Å². The molecule has 2 saturated heterocycles. The van der Waals surface area contributed by atoms with E-state index in [-0.39, 0.29) is 5.54 Å². The molecule has 1 unspecified atom stereocenters. The average Bonchev–Trinajstić information content (AvgIpc) is 3.07. The van der Waals surface area contributed by atoms with E-state index in [1.54, 1.807) is 0 Å². The van der Waals surface area contributed by atoms with E-state index in [0.717, 1.165) is 19.9 Å². The molecule has 2 heterocycles. The Morgan fingerprint density at radius 2 is 1.86 bits per heavy atom. The monoisotopic (exact) mass is 302 g/mol. The first-order valence-electron chi connectivity index (χ1n) is 8.42. The molecule has 2 aliphatic heterocycles. The van der Waals surface area contributed by atoms with Gasteiger partial charge >= 0.3 is 0 Å².